The lowest BCUT2D eigenvalue weighted by Gasteiger charge is -2.07. The van der Waals surface area contributed by atoms with E-state index in [0.29, 0.717) is 12.4 Å². The molecule has 0 unspecified atom stereocenters. The van der Waals surface area contributed by atoms with Crippen LogP contribution in [0.15, 0.2) is 18.2 Å². The largest absolute Gasteiger partial charge is 0.504 e. The maximum absolute atomic E-state index is 11.6. The van der Waals surface area contributed by atoms with Crippen LogP contribution in [0.2, 0.25) is 0 Å². The van der Waals surface area contributed by atoms with E-state index in [0.717, 1.165) is 12.8 Å². The molecule has 1 amide bonds. The molecule has 0 saturated carbocycles. The number of nitrogens with one attached hydrogen (secondary N) is 1. The van der Waals surface area contributed by atoms with Crippen molar-refractivity contribution in [2.75, 3.05) is 12.4 Å². The van der Waals surface area contributed by atoms with Crippen molar-refractivity contribution in [3.05, 3.63) is 23.8 Å². The summed E-state index contributed by atoms with van der Waals surface area (Å²) >= 11 is 5.49. The molecule has 0 heterocycles. The molecule has 0 radical (unpaired) electrons. The zero-order valence-electron chi connectivity index (χ0n) is 8.74. The zero-order valence-corrected chi connectivity index (χ0v) is 9.50. The molecule has 1 rings (SSSR count). The highest BCUT2D eigenvalue weighted by molar-refractivity contribution is 6.17. The van der Waals surface area contributed by atoms with Gasteiger partial charge in [0, 0.05) is 12.4 Å². The van der Waals surface area contributed by atoms with Crippen molar-refractivity contribution in [3.63, 3.8) is 0 Å². The minimum atomic E-state index is -0.400. The summed E-state index contributed by atoms with van der Waals surface area (Å²) in [4.78, 5) is 11.6. The van der Waals surface area contributed by atoms with Crippen molar-refractivity contribution in [1.29, 1.82) is 0 Å². The van der Waals surface area contributed by atoms with E-state index >= 15 is 0 Å². The number of carbonyl (C=O) groups excluding carboxylic acids is 1. The van der Waals surface area contributed by atoms with E-state index in [1.54, 1.807) is 0 Å². The monoisotopic (exact) mass is 243 g/mol. The van der Waals surface area contributed by atoms with Crippen LogP contribution in [0.5, 0.6) is 11.5 Å². The Kier molecular flexibility index (Phi) is 4.92. The molecule has 0 spiro atoms. The van der Waals surface area contributed by atoms with E-state index in [4.69, 9.17) is 11.6 Å². The van der Waals surface area contributed by atoms with Crippen molar-refractivity contribution >= 4 is 17.5 Å². The third kappa shape index (κ3) is 3.31. The predicted molar refractivity (Wildman–Crippen MR) is 62.1 cm³/mol. The van der Waals surface area contributed by atoms with Gasteiger partial charge in [-0.05, 0) is 25.0 Å². The Balaban J connectivity index is 2.56. The first-order valence-electron chi connectivity index (χ1n) is 5.02. The average Bonchev–Trinajstić information content (AvgIpc) is 2.28. The minimum absolute atomic E-state index is 0.0749. The number of halogens is 1. The van der Waals surface area contributed by atoms with E-state index in [2.05, 4.69) is 5.32 Å². The molecule has 0 atom stereocenters. The molecule has 4 nitrogen and oxygen atoms in total. The Morgan fingerprint density at radius 3 is 2.75 bits per heavy atom. The molecular weight excluding hydrogens is 230 g/mol. The molecule has 88 valence electrons. The third-order valence-corrected chi connectivity index (χ3v) is 2.37. The standard InChI is InChI=1S/C11H14ClNO3/c12-6-1-2-7-13-11(16)8-4-3-5-9(14)10(8)15/h3-5,14-15H,1-2,6-7H2,(H,13,16). The molecule has 0 bridgehead atoms. The molecule has 3 N–H and O–H groups in total. The third-order valence-electron chi connectivity index (χ3n) is 2.11. The number of para-hydroxylation sites is 1. The number of hydrogen-bond acceptors (Lipinski definition) is 3. The Morgan fingerprint density at radius 2 is 2.06 bits per heavy atom. The lowest BCUT2D eigenvalue weighted by Crippen LogP contribution is -2.24. The summed E-state index contributed by atoms with van der Waals surface area (Å²) in [5.74, 6) is -0.526. The van der Waals surface area contributed by atoms with Crippen LogP contribution in [0.4, 0.5) is 0 Å². The van der Waals surface area contributed by atoms with Crippen molar-refractivity contribution < 1.29 is 15.0 Å². The lowest BCUT2D eigenvalue weighted by atomic mass is 10.1. The summed E-state index contributed by atoms with van der Waals surface area (Å²) in [7, 11) is 0. The van der Waals surface area contributed by atoms with Gasteiger partial charge in [0.25, 0.3) is 5.91 Å². The molecule has 0 fully saturated rings. The maximum atomic E-state index is 11.6. The summed E-state index contributed by atoms with van der Waals surface area (Å²) < 4.78 is 0. The highest BCUT2D eigenvalue weighted by atomic mass is 35.5. The van der Waals surface area contributed by atoms with E-state index < -0.39 is 11.7 Å². The number of aromatic hydroxyl groups is 2. The predicted octanol–water partition coefficient (Wildman–Crippen LogP) is 1.85. The molecule has 1 aromatic rings. The number of rotatable bonds is 5. The number of benzene rings is 1. The van der Waals surface area contributed by atoms with E-state index in [-0.39, 0.29) is 11.3 Å². The van der Waals surface area contributed by atoms with Crippen LogP contribution >= 0.6 is 11.6 Å². The minimum Gasteiger partial charge on any atom is -0.504 e. The zero-order chi connectivity index (χ0) is 12.0. The van der Waals surface area contributed by atoms with Gasteiger partial charge in [0.1, 0.15) is 0 Å². The number of carbonyl (C=O) groups is 1. The van der Waals surface area contributed by atoms with Crippen LogP contribution in [0.25, 0.3) is 0 Å². The van der Waals surface area contributed by atoms with Gasteiger partial charge in [-0.25, -0.2) is 0 Å². The van der Waals surface area contributed by atoms with Crippen molar-refractivity contribution in [1.82, 2.24) is 5.32 Å². The summed E-state index contributed by atoms with van der Waals surface area (Å²) in [6, 6.07) is 4.27. The second kappa shape index (κ2) is 6.23. The maximum Gasteiger partial charge on any atom is 0.255 e. The number of phenols is 2. The quantitative estimate of drug-likeness (QED) is 0.420. The van der Waals surface area contributed by atoms with Gasteiger partial charge in [-0.2, -0.15) is 0 Å². The Labute approximate surface area is 98.9 Å². The first-order chi connectivity index (χ1) is 7.66. The van der Waals surface area contributed by atoms with Gasteiger partial charge in [-0.15, -0.1) is 11.6 Å². The lowest BCUT2D eigenvalue weighted by molar-refractivity contribution is 0.0950. The van der Waals surface area contributed by atoms with Gasteiger partial charge < -0.3 is 15.5 Å². The normalized spacial score (nSPS) is 10.1. The van der Waals surface area contributed by atoms with Crippen LogP contribution in [0, 0.1) is 0 Å². The highest BCUT2D eigenvalue weighted by Crippen LogP contribution is 2.27. The molecule has 0 saturated heterocycles. The smallest absolute Gasteiger partial charge is 0.255 e. The van der Waals surface area contributed by atoms with Crippen LogP contribution in [0.1, 0.15) is 23.2 Å². The molecule has 0 aliphatic heterocycles. The number of hydrogen-bond donors (Lipinski definition) is 3. The van der Waals surface area contributed by atoms with Crippen LogP contribution in [0.3, 0.4) is 0 Å². The van der Waals surface area contributed by atoms with Gasteiger partial charge in [-0.3, -0.25) is 4.79 Å². The molecule has 5 heteroatoms. The SMILES string of the molecule is O=C(NCCCCCl)c1cccc(O)c1O. The number of amides is 1. The van der Waals surface area contributed by atoms with Crippen LogP contribution in [-0.2, 0) is 0 Å². The fourth-order valence-electron chi connectivity index (χ4n) is 1.23. The fraction of sp³-hybridized carbons (Fsp3) is 0.364. The van der Waals surface area contributed by atoms with Crippen molar-refractivity contribution in [2.45, 2.75) is 12.8 Å². The van der Waals surface area contributed by atoms with Crippen LogP contribution < -0.4 is 5.32 Å². The van der Waals surface area contributed by atoms with Gasteiger partial charge in [0.15, 0.2) is 11.5 Å². The Morgan fingerprint density at radius 1 is 1.31 bits per heavy atom. The van der Waals surface area contributed by atoms with Gasteiger partial charge in [0.2, 0.25) is 0 Å². The van der Waals surface area contributed by atoms with Gasteiger partial charge >= 0.3 is 0 Å². The summed E-state index contributed by atoms with van der Waals surface area (Å²) in [5, 5.41) is 21.3. The Hall–Kier alpha value is -1.42. The first kappa shape index (κ1) is 12.6. The molecule has 0 aromatic heterocycles. The summed E-state index contributed by atoms with van der Waals surface area (Å²) in [6.45, 7) is 0.501. The number of alkyl halides is 1. The fourth-order valence-corrected chi connectivity index (χ4v) is 1.42. The van der Waals surface area contributed by atoms with Gasteiger partial charge in [-0.1, -0.05) is 6.07 Å². The van der Waals surface area contributed by atoms with Crippen molar-refractivity contribution in [3.8, 4) is 11.5 Å². The second-order valence-corrected chi connectivity index (χ2v) is 3.70. The summed E-state index contributed by atoms with van der Waals surface area (Å²) in [6.07, 6.45) is 1.61. The van der Waals surface area contributed by atoms with E-state index in [1.165, 1.54) is 18.2 Å². The Bertz CT molecular complexity index is 368. The molecule has 1 aromatic carbocycles. The topological polar surface area (TPSA) is 69.6 Å². The van der Waals surface area contributed by atoms with E-state index in [9.17, 15) is 15.0 Å². The molecule has 0 aliphatic rings. The van der Waals surface area contributed by atoms with Crippen molar-refractivity contribution in [2.24, 2.45) is 0 Å². The van der Waals surface area contributed by atoms with Crippen LogP contribution in [-0.4, -0.2) is 28.5 Å². The first-order valence-corrected chi connectivity index (χ1v) is 5.55. The highest BCUT2D eigenvalue weighted by Gasteiger charge is 2.12. The number of phenolic OH excluding ortho intramolecular Hbond substituents is 2. The molecule has 0 aliphatic carbocycles. The van der Waals surface area contributed by atoms with Gasteiger partial charge in [0.05, 0.1) is 5.56 Å². The molecule has 16 heavy (non-hydrogen) atoms. The average molecular weight is 244 g/mol. The second-order valence-electron chi connectivity index (χ2n) is 3.33. The van der Waals surface area contributed by atoms with E-state index in [1.807, 2.05) is 0 Å². The number of unbranched alkanes of at least 4 members (excludes halogenated alkanes) is 1. The summed E-state index contributed by atoms with van der Waals surface area (Å²) in [5.41, 5.74) is 0.0749. The molecular formula is C11H14ClNO3.